The van der Waals surface area contributed by atoms with Crippen molar-refractivity contribution in [2.45, 2.75) is 39.5 Å². The molecule has 0 saturated carbocycles. The van der Waals surface area contributed by atoms with Crippen molar-refractivity contribution in [3.8, 4) is 5.69 Å². The van der Waals surface area contributed by atoms with Crippen LogP contribution in [0.3, 0.4) is 0 Å². The Balaban J connectivity index is 2.58. The highest BCUT2D eigenvalue weighted by atomic mass is 16.4. The van der Waals surface area contributed by atoms with Gasteiger partial charge in [-0.15, -0.1) is 5.10 Å². The second-order valence-corrected chi connectivity index (χ2v) is 4.89. The molecule has 0 radical (unpaired) electrons. The van der Waals surface area contributed by atoms with Crippen molar-refractivity contribution in [1.82, 2.24) is 15.0 Å². The minimum absolute atomic E-state index is 0.0549. The lowest BCUT2D eigenvalue weighted by atomic mass is 9.97. The molecular formula is C15H19N3O2. The van der Waals surface area contributed by atoms with Gasteiger partial charge < -0.3 is 5.11 Å². The van der Waals surface area contributed by atoms with Crippen LogP contribution in [0, 0.1) is 6.92 Å². The molecule has 0 aliphatic carbocycles. The Morgan fingerprint density at radius 3 is 2.35 bits per heavy atom. The van der Waals surface area contributed by atoms with Crippen LogP contribution >= 0.6 is 0 Å². The minimum atomic E-state index is -1.02. The molecule has 0 saturated heterocycles. The van der Waals surface area contributed by atoms with Gasteiger partial charge in [0.1, 0.15) is 0 Å². The number of rotatable bonds is 5. The molecule has 0 bridgehead atoms. The predicted octanol–water partition coefficient (Wildman–Crippen LogP) is 3.18. The van der Waals surface area contributed by atoms with Gasteiger partial charge >= 0.3 is 5.97 Å². The van der Waals surface area contributed by atoms with Crippen molar-refractivity contribution in [1.29, 1.82) is 0 Å². The normalized spacial score (nSPS) is 11.0. The maximum absolute atomic E-state index is 11.3. The number of aromatic carboxylic acids is 1. The van der Waals surface area contributed by atoms with E-state index in [-0.39, 0.29) is 11.6 Å². The maximum Gasteiger partial charge on any atom is 0.358 e. The smallest absolute Gasteiger partial charge is 0.358 e. The van der Waals surface area contributed by atoms with Gasteiger partial charge in [0.05, 0.1) is 11.4 Å². The predicted molar refractivity (Wildman–Crippen MR) is 76.4 cm³/mol. The van der Waals surface area contributed by atoms with Gasteiger partial charge in [0.2, 0.25) is 0 Å². The summed E-state index contributed by atoms with van der Waals surface area (Å²) < 4.78 is 1.65. The molecule has 2 aromatic rings. The number of carbonyl (C=O) groups is 1. The van der Waals surface area contributed by atoms with Crippen LogP contribution in [0.5, 0.6) is 0 Å². The van der Waals surface area contributed by atoms with Crippen LogP contribution in [0.15, 0.2) is 24.3 Å². The van der Waals surface area contributed by atoms with Crippen LogP contribution in [0.1, 0.15) is 54.4 Å². The first-order chi connectivity index (χ1) is 9.58. The summed E-state index contributed by atoms with van der Waals surface area (Å²) in [4.78, 5) is 11.3. The molecule has 1 aromatic carbocycles. The van der Waals surface area contributed by atoms with Gasteiger partial charge in [-0.25, -0.2) is 9.48 Å². The number of benzene rings is 1. The standard InChI is InChI=1S/C15H19N3O2/c1-4-11(5-2)14-13(15(19)20)16-17-18(14)12-8-6-10(3)7-9-12/h6-9,11H,4-5H2,1-3H3,(H,19,20). The van der Waals surface area contributed by atoms with Gasteiger partial charge in [0.25, 0.3) is 0 Å². The Bertz CT molecular complexity index is 598. The van der Waals surface area contributed by atoms with Gasteiger partial charge in [-0.1, -0.05) is 36.8 Å². The number of nitrogens with zero attached hydrogens (tertiary/aromatic N) is 3. The quantitative estimate of drug-likeness (QED) is 0.908. The summed E-state index contributed by atoms with van der Waals surface area (Å²) in [5, 5.41) is 17.2. The second kappa shape index (κ2) is 5.86. The Labute approximate surface area is 118 Å². The molecule has 0 atom stereocenters. The zero-order valence-corrected chi connectivity index (χ0v) is 12.0. The van der Waals surface area contributed by atoms with E-state index in [1.165, 1.54) is 0 Å². The molecule has 106 valence electrons. The molecule has 0 amide bonds. The minimum Gasteiger partial charge on any atom is -0.476 e. The Morgan fingerprint density at radius 2 is 1.85 bits per heavy atom. The highest BCUT2D eigenvalue weighted by molar-refractivity contribution is 5.86. The molecule has 5 nitrogen and oxygen atoms in total. The zero-order chi connectivity index (χ0) is 14.7. The van der Waals surface area contributed by atoms with E-state index in [4.69, 9.17) is 0 Å². The number of aryl methyl sites for hydroxylation is 1. The zero-order valence-electron chi connectivity index (χ0n) is 12.0. The van der Waals surface area contributed by atoms with E-state index in [1.807, 2.05) is 45.0 Å². The molecular weight excluding hydrogens is 254 g/mol. The van der Waals surface area contributed by atoms with Gasteiger partial charge in [-0.2, -0.15) is 0 Å². The third-order valence-corrected chi connectivity index (χ3v) is 3.56. The third kappa shape index (κ3) is 2.57. The van der Waals surface area contributed by atoms with Crippen LogP contribution in [0.4, 0.5) is 0 Å². The Kier molecular flexibility index (Phi) is 4.17. The maximum atomic E-state index is 11.3. The van der Waals surface area contributed by atoms with Crippen LogP contribution in [-0.4, -0.2) is 26.1 Å². The van der Waals surface area contributed by atoms with Gasteiger partial charge in [-0.05, 0) is 31.9 Å². The lowest BCUT2D eigenvalue weighted by molar-refractivity contribution is 0.0688. The summed E-state index contributed by atoms with van der Waals surface area (Å²) in [6.45, 7) is 6.11. The van der Waals surface area contributed by atoms with Gasteiger partial charge in [0.15, 0.2) is 5.69 Å². The van der Waals surface area contributed by atoms with Crippen molar-refractivity contribution in [2.75, 3.05) is 0 Å². The number of hydrogen-bond donors (Lipinski definition) is 1. The van der Waals surface area contributed by atoms with E-state index in [2.05, 4.69) is 10.3 Å². The molecule has 1 heterocycles. The van der Waals surface area contributed by atoms with E-state index < -0.39 is 5.97 Å². The summed E-state index contributed by atoms with van der Waals surface area (Å²) in [6, 6.07) is 7.82. The van der Waals surface area contributed by atoms with E-state index in [9.17, 15) is 9.90 Å². The van der Waals surface area contributed by atoms with Crippen molar-refractivity contribution in [3.63, 3.8) is 0 Å². The summed E-state index contributed by atoms with van der Waals surface area (Å²) >= 11 is 0. The van der Waals surface area contributed by atoms with Crippen LogP contribution in [0.2, 0.25) is 0 Å². The molecule has 0 unspecified atom stereocenters. The Morgan fingerprint density at radius 1 is 1.25 bits per heavy atom. The van der Waals surface area contributed by atoms with E-state index in [1.54, 1.807) is 4.68 Å². The second-order valence-electron chi connectivity index (χ2n) is 4.89. The molecule has 20 heavy (non-hydrogen) atoms. The van der Waals surface area contributed by atoms with Crippen LogP contribution in [0.25, 0.3) is 5.69 Å². The third-order valence-electron chi connectivity index (χ3n) is 3.56. The van der Waals surface area contributed by atoms with Crippen molar-refractivity contribution >= 4 is 5.97 Å². The first kappa shape index (κ1) is 14.2. The van der Waals surface area contributed by atoms with Crippen molar-refractivity contribution < 1.29 is 9.90 Å². The number of hydrogen-bond acceptors (Lipinski definition) is 3. The topological polar surface area (TPSA) is 68.0 Å². The SMILES string of the molecule is CCC(CC)c1c(C(=O)O)nnn1-c1ccc(C)cc1. The molecule has 0 spiro atoms. The monoisotopic (exact) mass is 273 g/mol. The van der Waals surface area contributed by atoms with Crippen LogP contribution in [-0.2, 0) is 0 Å². The van der Waals surface area contributed by atoms with E-state index in [0.717, 1.165) is 24.1 Å². The first-order valence-electron chi connectivity index (χ1n) is 6.84. The average molecular weight is 273 g/mol. The molecule has 1 aromatic heterocycles. The van der Waals surface area contributed by atoms with Gasteiger partial charge in [0, 0.05) is 5.92 Å². The fraction of sp³-hybridized carbons (Fsp3) is 0.400. The summed E-state index contributed by atoms with van der Waals surface area (Å²) in [5.74, 6) is -0.886. The summed E-state index contributed by atoms with van der Waals surface area (Å²) in [7, 11) is 0. The number of aromatic nitrogens is 3. The first-order valence-corrected chi connectivity index (χ1v) is 6.84. The fourth-order valence-electron chi connectivity index (χ4n) is 2.36. The summed E-state index contributed by atoms with van der Waals surface area (Å²) in [6.07, 6.45) is 1.71. The lowest BCUT2D eigenvalue weighted by Crippen LogP contribution is -2.11. The highest BCUT2D eigenvalue weighted by Crippen LogP contribution is 2.27. The number of carboxylic acids is 1. The van der Waals surface area contributed by atoms with Crippen molar-refractivity contribution in [3.05, 3.63) is 41.2 Å². The van der Waals surface area contributed by atoms with Gasteiger partial charge in [-0.3, -0.25) is 0 Å². The van der Waals surface area contributed by atoms with Crippen LogP contribution < -0.4 is 0 Å². The fourth-order valence-corrected chi connectivity index (χ4v) is 2.36. The average Bonchev–Trinajstić information content (AvgIpc) is 2.86. The lowest BCUT2D eigenvalue weighted by Gasteiger charge is -2.15. The highest BCUT2D eigenvalue weighted by Gasteiger charge is 2.25. The Hall–Kier alpha value is -2.17. The molecule has 2 rings (SSSR count). The molecule has 0 aliphatic heterocycles. The summed E-state index contributed by atoms with van der Waals surface area (Å²) in [5.41, 5.74) is 2.74. The molecule has 1 N–H and O–H groups in total. The number of carboxylic acid groups (broad SMARTS) is 1. The molecule has 0 fully saturated rings. The largest absolute Gasteiger partial charge is 0.476 e. The molecule has 0 aliphatic rings. The molecule has 5 heteroatoms. The van der Waals surface area contributed by atoms with E-state index in [0.29, 0.717) is 5.69 Å². The van der Waals surface area contributed by atoms with E-state index >= 15 is 0 Å². The van der Waals surface area contributed by atoms with Crippen molar-refractivity contribution in [2.24, 2.45) is 0 Å².